The van der Waals surface area contributed by atoms with Crippen LogP contribution in [0.2, 0.25) is 0 Å². The predicted molar refractivity (Wildman–Crippen MR) is 78.2 cm³/mol. The molecule has 0 bridgehead atoms. The second-order valence-corrected chi connectivity index (χ2v) is 5.23. The lowest BCUT2D eigenvalue weighted by Crippen LogP contribution is -2.42. The third-order valence-corrected chi connectivity index (χ3v) is 3.89. The van der Waals surface area contributed by atoms with Crippen molar-refractivity contribution >= 4 is 18.3 Å². The number of rotatable bonds is 2. The van der Waals surface area contributed by atoms with Gasteiger partial charge in [-0.15, -0.1) is 12.4 Å². The predicted octanol–water partition coefficient (Wildman–Crippen LogP) is 2.08. The molecular weight excluding hydrogens is 262 g/mol. The Morgan fingerprint density at radius 2 is 2.21 bits per heavy atom. The van der Waals surface area contributed by atoms with E-state index in [-0.39, 0.29) is 18.3 Å². The van der Waals surface area contributed by atoms with Crippen molar-refractivity contribution in [3.8, 4) is 0 Å². The number of carbonyl (C=O) groups is 1. The van der Waals surface area contributed by atoms with Crippen LogP contribution in [-0.4, -0.2) is 28.9 Å². The highest BCUT2D eigenvalue weighted by atomic mass is 35.5. The highest BCUT2D eigenvalue weighted by molar-refractivity contribution is 5.94. The molecule has 1 aliphatic heterocycles. The summed E-state index contributed by atoms with van der Waals surface area (Å²) in [5.41, 5.74) is 7.01. The molecule has 0 spiro atoms. The van der Waals surface area contributed by atoms with Crippen molar-refractivity contribution in [3.63, 3.8) is 0 Å². The van der Waals surface area contributed by atoms with Crippen molar-refractivity contribution in [1.82, 2.24) is 9.88 Å². The van der Waals surface area contributed by atoms with Gasteiger partial charge in [-0.1, -0.05) is 13.8 Å². The number of likely N-dealkylation sites (tertiary alicyclic amines) is 1. The lowest BCUT2D eigenvalue weighted by Gasteiger charge is -2.35. The fraction of sp³-hybridized carbons (Fsp3) is 0.571. The van der Waals surface area contributed by atoms with Crippen molar-refractivity contribution in [1.29, 1.82) is 0 Å². The van der Waals surface area contributed by atoms with Gasteiger partial charge in [0.05, 0.1) is 5.69 Å². The second-order valence-electron chi connectivity index (χ2n) is 5.23. The minimum atomic E-state index is 0. The summed E-state index contributed by atoms with van der Waals surface area (Å²) < 4.78 is 0. The zero-order valence-electron chi connectivity index (χ0n) is 11.5. The van der Waals surface area contributed by atoms with Crippen LogP contribution in [-0.2, 0) is 6.54 Å². The minimum absolute atomic E-state index is 0. The lowest BCUT2D eigenvalue weighted by atomic mass is 9.88. The molecule has 1 aliphatic rings. The number of amides is 1. The first-order valence-electron chi connectivity index (χ1n) is 6.56. The average Bonchev–Trinajstić information content (AvgIpc) is 2.41. The van der Waals surface area contributed by atoms with Gasteiger partial charge in [-0.25, -0.2) is 0 Å². The summed E-state index contributed by atoms with van der Waals surface area (Å²) in [5.74, 6) is 1.37. The van der Waals surface area contributed by atoms with Crippen LogP contribution in [0.3, 0.4) is 0 Å². The number of nitrogens with two attached hydrogens (primary N) is 1. The van der Waals surface area contributed by atoms with Crippen molar-refractivity contribution in [2.75, 3.05) is 13.1 Å². The van der Waals surface area contributed by atoms with Gasteiger partial charge in [-0.2, -0.15) is 0 Å². The topological polar surface area (TPSA) is 59.2 Å². The number of halogens is 1. The summed E-state index contributed by atoms with van der Waals surface area (Å²) >= 11 is 0. The van der Waals surface area contributed by atoms with Crippen LogP contribution in [0.4, 0.5) is 0 Å². The maximum Gasteiger partial charge on any atom is 0.253 e. The summed E-state index contributed by atoms with van der Waals surface area (Å²) in [7, 11) is 0. The number of piperidine rings is 1. The monoisotopic (exact) mass is 283 g/mol. The van der Waals surface area contributed by atoms with E-state index in [2.05, 4.69) is 18.8 Å². The highest BCUT2D eigenvalue weighted by Gasteiger charge is 2.26. The van der Waals surface area contributed by atoms with Gasteiger partial charge in [-0.05, 0) is 30.4 Å². The van der Waals surface area contributed by atoms with Gasteiger partial charge in [0, 0.05) is 31.4 Å². The molecule has 1 aromatic heterocycles. The Kier molecular flexibility index (Phi) is 5.76. The van der Waals surface area contributed by atoms with Crippen LogP contribution >= 0.6 is 12.4 Å². The molecule has 5 heteroatoms. The van der Waals surface area contributed by atoms with E-state index in [0.717, 1.165) is 25.2 Å². The second kappa shape index (κ2) is 6.87. The van der Waals surface area contributed by atoms with Crippen molar-refractivity contribution in [2.45, 2.75) is 26.8 Å². The first kappa shape index (κ1) is 15.9. The molecular formula is C14H22ClN3O. The fourth-order valence-electron chi connectivity index (χ4n) is 2.35. The molecule has 2 atom stereocenters. The molecule has 0 aliphatic carbocycles. The number of aromatic nitrogens is 1. The first-order chi connectivity index (χ1) is 8.61. The Morgan fingerprint density at radius 1 is 1.47 bits per heavy atom. The van der Waals surface area contributed by atoms with Crippen LogP contribution in [0, 0.1) is 11.8 Å². The molecule has 2 unspecified atom stereocenters. The van der Waals surface area contributed by atoms with Gasteiger partial charge in [-0.3, -0.25) is 9.78 Å². The molecule has 4 nitrogen and oxygen atoms in total. The van der Waals surface area contributed by atoms with Crippen molar-refractivity contribution in [2.24, 2.45) is 17.6 Å². The largest absolute Gasteiger partial charge is 0.338 e. The number of carbonyl (C=O) groups excluding carboxylic acids is 1. The van der Waals surface area contributed by atoms with E-state index in [1.165, 1.54) is 0 Å². The van der Waals surface area contributed by atoms with Crippen molar-refractivity contribution in [3.05, 3.63) is 29.6 Å². The Morgan fingerprint density at radius 3 is 2.84 bits per heavy atom. The van der Waals surface area contributed by atoms with E-state index in [0.29, 0.717) is 23.9 Å². The molecule has 1 aromatic rings. The van der Waals surface area contributed by atoms with E-state index in [1.807, 2.05) is 4.90 Å². The van der Waals surface area contributed by atoms with Gasteiger partial charge < -0.3 is 10.6 Å². The Bertz CT molecular complexity index is 438. The fourth-order valence-corrected chi connectivity index (χ4v) is 2.35. The summed E-state index contributed by atoms with van der Waals surface area (Å²) in [4.78, 5) is 18.4. The van der Waals surface area contributed by atoms with Crippen molar-refractivity contribution < 1.29 is 4.79 Å². The number of pyridine rings is 1. The van der Waals surface area contributed by atoms with Gasteiger partial charge in [0.1, 0.15) is 0 Å². The smallest absolute Gasteiger partial charge is 0.253 e. The average molecular weight is 284 g/mol. The van der Waals surface area contributed by atoms with Gasteiger partial charge >= 0.3 is 0 Å². The zero-order valence-corrected chi connectivity index (χ0v) is 12.3. The number of hydrogen-bond acceptors (Lipinski definition) is 3. The van der Waals surface area contributed by atoms with E-state index >= 15 is 0 Å². The maximum absolute atomic E-state index is 12.4. The Hall–Kier alpha value is -1.13. The summed E-state index contributed by atoms with van der Waals surface area (Å²) in [5, 5.41) is 0. The lowest BCUT2D eigenvalue weighted by molar-refractivity contribution is 0.0627. The number of hydrogen-bond donors (Lipinski definition) is 1. The summed E-state index contributed by atoms with van der Waals surface area (Å²) in [6, 6.07) is 3.56. The van der Waals surface area contributed by atoms with E-state index in [9.17, 15) is 4.79 Å². The van der Waals surface area contributed by atoms with Gasteiger partial charge in [0.25, 0.3) is 5.91 Å². The molecule has 1 saturated heterocycles. The Balaban J connectivity index is 0.00000180. The van der Waals surface area contributed by atoms with E-state index in [1.54, 1.807) is 18.3 Å². The van der Waals surface area contributed by atoms with Gasteiger partial charge in [0.2, 0.25) is 0 Å². The molecule has 0 aromatic carbocycles. The maximum atomic E-state index is 12.4. The third-order valence-electron chi connectivity index (χ3n) is 3.89. The molecule has 19 heavy (non-hydrogen) atoms. The number of nitrogens with zero attached hydrogens (tertiary/aromatic N) is 2. The normalized spacial score (nSPS) is 22.8. The molecule has 0 radical (unpaired) electrons. The molecule has 106 valence electrons. The van der Waals surface area contributed by atoms with Crippen LogP contribution in [0.1, 0.15) is 36.3 Å². The molecule has 0 saturated carbocycles. The first-order valence-corrected chi connectivity index (χ1v) is 6.56. The molecule has 1 fully saturated rings. The van der Waals surface area contributed by atoms with Crippen LogP contribution in [0.15, 0.2) is 18.3 Å². The summed E-state index contributed by atoms with van der Waals surface area (Å²) in [6.07, 6.45) is 2.74. The standard InChI is InChI=1S/C14H21N3O.ClH/c1-10-4-6-17(9-11(10)2)14(18)12-3-5-16-13(7-12)8-15;/h3,5,7,10-11H,4,6,8-9,15H2,1-2H3;1H. The summed E-state index contributed by atoms with van der Waals surface area (Å²) in [6.45, 7) is 6.53. The Labute approximate surface area is 120 Å². The molecule has 2 heterocycles. The SMILES string of the molecule is CC1CCN(C(=O)c2ccnc(CN)c2)CC1C.Cl. The van der Waals surface area contributed by atoms with Crippen LogP contribution in [0.25, 0.3) is 0 Å². The quantitative estimate of drug-likeness (QED) is 0.904. The zero-order chi connectivity index (χ0) is 13.1. The van der Waals surface area contributed by atoms with Gasteiger partial charge in [0.15, 0.2) is 0 Å². The van der Waals surface area contributed by atoms with E-state index < -0.39 is 0 Å². The minimum Gasteiger partial charge on any atom is -0.338 e. The van der Waals surface area contributed by atoms with Crippen LogP contribution in [0.5, 0.6) is 0 Å². The molecule has 2 rings (SSSR count). The molecule has 2 N–H and O–H groups in total. The third kappa shape index (κ3) is 3.67. The highest BCUT2D eigenvalue weighted by Crippen LogP contribution is 2.23. The van der Waals surface area contributed by atoms with E-state index in [4.69, 9.17) is 5.73 Å². The molecule has 1 amide bonds. The van der Waals surface area contributed by atoms with Crippen LogP contribution < -0.4 is 5.73 Å².